The Morgan fingerprint density at radius 2 is 0.474 bits per heavy atom. The molecule has 6 heteroatoms. The number of allylic oxidation sites excluding steroid dienone is 10. The number of ether oxygens (including phenoxy) is 3. The first-order valence-electron chi connectivity index (χ1n) is 33.3. The molecule has 0 radical (unpaired) electrons. The van der Waals surface area contributed by atoms with E-state index in [1.807, 2.05) is 0 Å². The molecular weight excluding hydrogens is 937 g/mol. The number of unbranched alkanes of at least 4 members (excludes halogenated alkanes) is 40. The van der Waals surface area contributed by atoms with Crippen molar-refractivity contribution < 1.29 is 28.6 Å². The zero-order valence-corrected chi connectivity index (χ0v) is 50.8. The second kappa shape index (κ2) is 64.6. The van der Waals surface area contributed by atoms with Crippen molar-refractivity contribution in [1.29, 1.82) is 0 Å². The lowest BCUT2D eigenvalue weighted by atomic mass is 10.1. The number of carbonyl (C=O) groups is 3. The third-order valence-corrected chi connectivity index (χ3v) is 14.7. The van der Waals surface area contributed by atoms with Crippen molar-refractivity contribution in [2.24, 2.45) is 0 Å². The molecule has 0 N–H and O–H groups in total. The van der Waals surface area contributed by atoms with Crippen LogP contribution < -0.4 is 0 Å². The van der Waals surface area contributed by atoms with Gasteiger partial charge in [0.15, 0.2) is 6.10 Å². The van der Waals surface area contributed by atoms with E-state index in [0.29, 0.717) is 19.3 Å². The van der Waals surface area contributed by atoms with E-state index in [4.69, 9.17) is 14.2 Å². The van der Waals surface area contributed by atoms with Crippen molar-refractivity contribution in [3.8, 4) is 0 Å². The van der Waals surface area contributed by atoms with Crippen molar-refractivity contribution in [2.45, 2.75) is 354 Å². The molecular formula is C70H126O6. The molecule has 0 saturated carbocycles. The average molecular weight is 1060 g/mol. The zero-order chi connectivity index (χ0) is 55.0. The second-order valence-corrected chi connectivity index (χ2v) is 22.4. The monoisotopic (exact) mass is 1060 g/mol. The Morgan fingerprint density at radius 1 is 0.263 bits per heavy atom. The SMILES string of the molecule is CCCCC/C=C\C/C=C\CCCCCCCCCCCC(=O)OC(COC(=O)CCCCCCCCC/C=C\CCCCCCCCC)COC(=O)CCCCCCCCCCC/C=C\C/C=C\CCCCCCC. The van der Waals surface area contributed by atoms with Crippen molar-refractivity contribution in [2.75, 3.05) is 13.2 Å². The Bertz CT molecular complexity index is 1360. The largest absolute Gasteiger partial charge is 0.462 e. The Morgan fingerprint density at radius 3 is 0.763 bits per heavy atom. The molecule has 0 spiro atoms. The van der Waals surface area contributed by atoms with E-state index in [0.717, 1.165) is 70.6 Å². The fourth-order valence-corrected chi connectivity index (χ4v) is 9.68. The third-order valence-electron chi connectivity index (χ3n) is 14.7. The molecule has 0 aromatic rings. The number of hydrogen-bond donors (Lipinski definition) is 0. The van der Waals surface area contributed by atoms with Gasteiger partial charge in [-0.2, -0.15) is 0 Å². The van der Waals surface area contributed by atoms with Gasteiger partial charge in [-0.15, -0.1) is 0 Å². The molecule has 442 valence electrons. The molecule has 0 fully saturated rings. The lowest BCUT2D eigenvalue weighted by Crippen LogP contribution is -2.30. The summed E-state index contributed by atoms with van der Waals surface area (Å²) in [5.41, 5.74) is 0. The summed E-state index contributed by atoms with van der Waals surface area (Å²) in [6.07, 6.45) is 82.2. The normalized spacial score (nSPS) is 12.4. The van der Waals surface area contributed by atoms with Crippen LogP contribution in [-0.4, -0.2) is 37.2 Å². The van der Waals surface area contributed by atoms with Crippen LogP contribution in [0.2, 0.25) is 0 Å². The highest BCUT2D eigenvalue weighted by Crippen LogP contribution is 2.17. The van der Waals surface area contributed by atoms with Crippen LogP contribution in [0.15, 0.2) is 60.8 Å². The molecule has 0 aromatic heterocycles. The van der Waals surface area contributed by atoms with Crippen LogP contribution in [0.25, 0.3) is 0 Å². The molecule has 76 heavy (non-hydrogen) atoms. The van der Waals surface area contributed by atoms with Crippen molar-refractivity contribution in [1.82, 2.24) is 0 Å². The lowest BCUT2D eigenvalue weighted by molar-refractivity contribution is -0.167. The third kappa shape index (κ3) is 62.0. The second-order valence-electron chi connectivity index (χ2n) is 22.4. The minimum Gasteiger partial charge on any atom is -0.462 e. The predicted molar refractivity (Wildman–Crippen MR) is 330 cm³/mol. The molecule has 0 bridgehead atoms. The predicted octanol–water partition coefficient (Wildman–Crippen LogP) is 22.7. The fourth-order valence-electron chi connectivity index (χ4n) is 9.68. The van der Waals surface area contributed by atoms with Gasteiger partial charge in [0.2, 0.25) is 0 Å². The van der Waals surface area contributed by atoms with Crippen LogP contribution in [0.1, 0.15) is 348 Å². The number of esters is 3. The summed E-state index contributed by atoms with van der Waals surface area (Å²) in [4.78, 5) is 38.4. The van der Waals surface area contributed by atoms with Gasteiger partial charge in [0, 0.05) is 19.3 Å². The molecule has 0 saturated heterocycles. The first-order valence-corrected chi connectivity index (χ1v) is 33.3. The van der Waals surface area contributed by atoms with Gasteiger partial charge in [0.05, 0.1) is 0 Å². The maximum atomic E-state index is 12.9. The van der Waals surface area contributed by atoms with Gasteiger partial charge in [-0.25, -0.2) is 0 Å². The van der Waals surface area contributed by atoms with Gasteiger partial charge >= 0.3 is 17.9 Å². The van der Waals surface area contributed by atoms with Crippen LogP contribution in [0, 0.1) is 0 Å². The first kappa shape index (κ1) is 73.1. The van der Waals surface area contributed by atoms with Gasteiger partial charge in [-0.1, -0.05) is 281 Å². The number of rotatable bonds is 61. The molecule has 0 aliphatic heterocycles. The quantitative estimate of drug-likeness (QED) is 0.0261. The first-order chi connectivity index (χ1) is 37.5. The average Bonchev–Trinajstić information content (AvgIpc) is 3.42. The fraction of sp³-hybridized carbons (Fsp3) is 0.814. The lowest BCUT2D eigenvalue weighted by Gasteiger charge is -2.18. The van der Waals surface area contributed by atoms with Crippen LogP contribution in [0.3, 0.4) is 0 Å². The minimum absolute atomic E-state index is 0.0776. The molecule has 1 unspecified atom stereocenters. The molecule has 0 rings (SSSR count). The standard InChI is InChI=1S/C70H126O6/c1-4-7-10-13-16-19-22-25-28-31-34-35-37-39-42-45-48-51-54-57-60-63-69(72)75-66-67(65-74-68(71)62-59-56-53-50-47-44-41-38-33-30-27-24-21-18-15-12-9-6-3)76-70(73)64-61-58-55-52-49-46-43-40-36-32-29-26-23-20-17-14-11-8-5-2/h17,20,22,25-26,29-31,33-34,67H,4-16,18-19,21,23-24,27-28,32,35-66H2,1-3H3/b20-17-,25-22-,29-26-,33-30-,34-31-. The van der Waals surface area contributed by atoms with Crippen LogP contribution >= 0.6 is 0 Å². The summed E-state index contributed by atoms with van der Waals surface area (Å²) >= 11 is 0. The Balaban J connectivity index is 4.37. The smallest absolute Gasteiger partial charge is 0.306 e. The highest BCUT2D eigenvalue weighted by Gasteiger charge is 2.19. The van der Waals surface area contributed by atoms with Crippen LogP contribution in [-0.2, 0) is 28.6 Å². The summed E-state index contributed by atoms with van der Waals surface area (Å²) in [7, 11) is 0. The van der Waals surface area contributed by atoms with E-state index in [1.165, 1.54) is 238 Å². The van der Waals surface area contributed by atoms with E-state index in [2.05, 4.69) is 81.5 Å². The zero-order valence-electron chi connectivity index (χ0n) is 50.8. The molecule has 0 aliphatic rings. The Kier molecular flexibility index (Phi) is 62.2. The summed E-state index contributed by atoms with van der Waals surface area (Å²) in [6.45, 7) is 6.64. The van der Waals surface area contributed by atoms with Gasteiger partial charge in [-0.3, -0.25) is 14.4 Å². The minimum atomic E-state index is -0.781. The van der Waals surface area contributed by atoms with Gasteiger partial charge in [0.25, 0.3) is 0 Å². The summed E-state index contributed by atoms with van der Waals surface area (Å²) in [5, 5.41) is 0. The summed E-state index contributed by atoms with van der Waals surface area (Å²) in [5.74, 6) is -0.870. The maximum Gasteiger partial charge on any atom is 0.306 e. The van der Waals surface area contributed by atoms with Crippen molar-refractivity contribution in [3.05, 3.63) is 60.8 Å². The Hall–Kier alpha value is -2.89. The molecule has 1 atom stereocenters. The topological polar surface area (TPSA) is 78.9 Å². The van der Waals surface area contributed by atoms with Crippen molar-refractivity contribution in [3.63, 3.8) is 0 Å². The van der Waals surface area contributed by atoms with Gasteiger partial charge < -0.3 is 14.2 Å². The summed E-state index contributed by atoms with van der Waals surface area (Å²) in [6, 6.07) is 0. The summed E-state index contributed by atoms with van der Waals surface area (Å²) < 4.78 is 17.0. The van der Waals surface area contributed by atoms with Crippen molar-refractivity contribution >= 4 is 17.9 Å². The van der Waals surface area contributed by atoms with Crippen LogP contribution in [0.5, 0.6) is 0 Å². The Labute approximate surface area is 472 Å². The van der Waals surface area contributed by atoms with E-state index in [-0.39, 0.29) is 31.1 Å². The maximum absolute atomic E-state index is 12.9. The van der Waals surface area contributed by atoms with E-state index in [9.17, 15) is 14.4 Å². The number of carbonyl (C=O) groups excluding carboxylic acids is 3. The molecule has 6 nitrogen and oxygen atoms in total. The number of hydrogen-bond acceptors (Lipinski definition) is 6. The molecule has 0 aliphatic carbocycles. The van der Waals surface area contributed by atoms with Crippen LogP contribution in [0.4, 0.5) is 0 Å². The molecule has 0 amide bonds. The molecule has 0 aromatic carbocycles. The highest BCUT2D eigenvalue weighted by atomic mass is 16.6. The van der Waals surface area contributed by atoms with Gasteiger partial charge in [-0.05, 0) is 109 Å². The van der Waals surface area contributed by atoms with Gasteiger partial charge in [0.1, 0.15) is 13.2 Å². The molecule has 0 heterocycles. The van der Waals surface area contributed by atoms with E-state index in [1.54, 1.807) is 0 Å². The highest BCUT2D eigenvalue weighted by molar-refractivity contribution is 5.71. The van der Waals surface area contributed by atoms with E-state index >= 15 is 0 Å². The van der Waals surface area contributed by atoms with E-state index < -0.39 is 6.10 Å².